The Hall–Kier alpha value is -2.40. The van der Waals surface area contributed by atoms with Crippen molar-refractivity contribution in [3.05, 3.63) is 65.5 Å². The molecule has 4 nitrogen and oxygen atoms in total. The summed E-state index contributed by atoms with van der Waals surface area (Å²) in [6.45, 7) is 0.0775. The van der Waals surface area contributed by atoms with Crippen molar-refractivity contribution in [2.75, 3.05) is 13.7 Å². The first-order chi connectivity index (χ1) is 11.6. The summed E-state index contributed by atoms with van der Waals surface area (Å²) < 4.78 is 18.3. The molecule has 0 aromatic heterocycles. The summed E-state index contributed by atoms with van der Waals surface area (Å²) in [6.07, 6.45) is -0.114. The largest absolute Gasteiger partial charge is 0.497 e. The topological polar surface area (TPSA) is 58.6 Å². The van der Waals surface area contributed by atoms with Gasteiger partial charge in [-0.25, -0.2) is 4.39 Å². The molecule has 3 atom stereocenters. The second-order valence-electron chi connectivity index (χ2n) is 6.04. The van der Waals surface area contributed by atoms with Crippen LogP contribution in [0.3, 0.4) is 0 Å². The first-order valence-corrected chi connectivity index (χ1v) is 7.93. The summed E-state index contributed by atoms with van der Waals surface area (Å²) in [7, 11) is 1.62. The number of nitrogens with one attached hydrogen (secondary N) is 1. The molecule has 0 aliphatic heterocycles. The molecule has 2 N–H and O–H groups in total. The number of hydrogen-bond acceptors (Lipinski definition) is 3. The molecule has 0 heterocycles. The Morgan fingerprint density at radius 2 is 2.08 bits per heavy atom. The maximum Gasteiger partial charge on any atom is 0.223 e. The fourth-order valence-electron chi connectivity index (χ4n) is 2.86. The van der Waals surface area contributed by atoms with Crippen LogP contribution >= 0.6 is 0 Å². The average molecular weight is 329 g/mol. The summed E-state index contributed by atoms with van der Waals surface area (Å²) in [6, 6.07) is 13.5. The fraction of sp³-hybridized carbons (Fsp3) is 0.316. The van der Waals surface area contributed by atoms with E-state index in [1.54, 1.807) is 13.2 Å². The summed E-state index contributed by atoms with van der Waals surface area (Å²) >= 11 is 0. The smallest absolute Gasteiger partial charge is 0.223 e. The number of carbonyl (C=O) groups is 1. The zero-order chi connectivity index (χ0) is 17.1. The molecule has 126 valence electrons. The molecule has 2 aromatic carbocycles. The summed E-state index contributed by atoms with van der Waals surface area (Å²) in [5, 5.41) is 12.8. The van der Waals surface area contributed by atoms with Crippen molar-refractivity contribution in [1.29, 1.82) is 0 Å². The van der Waals surface area contributed by atoms with E-state index in [2.05, 4.69) is 5.32 Å². The molecular formula is C19H20FNO3. The number of hydrogen-bond donors (Lipinski definition) is 2. The quantitative estimate of drug-likeness (QED) is 0.857. The predicted octanol–water partition coefficient (Wildman–Crippen LogP) is 2.79. The van der Waals surface area contributed by atoms with Crippen LogP contribution < -0.4 is 10.1 Å². The van der Waals surface area contributed by atoms with E-state index in [0.29, 0.717) is 5.56 Å². The highest BCUT2D eigenvalue weighted by Crippen LogP contribution is 2.47. The van der Waals surface area contributed by atoms with Gasteiger partial charge in [-0.3, -0.25) is 4.79 Å². The zero-order valence-electron chi connectivity index (χ0n) is 13.4. The molecule has 0 unspecified atom stereocenters. The van der Waals surface area contributed by atoms with Crippen molar-refractivity contribution < 1.29 is 19.0 Å². The highest BCUT2D eigenvalue weighted by molar-refractivity contribution is 5.82. The molecule has 3 rings (SSSR count). The van der Waals surface area contributed by atoms with Crippen molar-refractivity contribution in [2.45, 2.75) is 18.4 Å². The molecule has 1 aliphatic rings. The number of carbonyl (C=O) groups excluding carboxylic acids is 1. The van der Waals surface area contributed by atoms with Crippen LogP contribution in [0, 0.1) is 11.7 Å². The van der Waals surface area contributed by atoms with Gasteiger partial charge >= 0.3 is 0 Å². The first kappa shape index (κ1) is 16.5. The normalized spacial score (nSPS) is 20.3. The van der Waals surface area contributed by atoms with Crippen LogP contribution in [-0.4, -0.2) is 24.7 Å². The van der Waals surface area contributed by atoms with Crippen LogP contribution in [0.1, 0.15) is 29.6 Å². The first-order valence-electron chi connectivity index (χ1n) is 7.93. The highest BCUT2D eigenvalue weighted by Gasteiger charge is 2.43. The average Bonchev–Trinajstić information content (AvgIpc) is 3.40. The minimum atomic E-state index is -0.914. The van der Waals surface area contributed by atoms with Gasteiger partial charge in [-0.05, 0) is 47.7 Å². The van der Waals surface area contributed by atoms with Crippen molar-refractivity contribution in [3.8, 4) is 5.75 Å². The lowest BCUT2D eigenvalue weighted by atomic mass is 10.1. The number of aliphatic hydroxyl groups excluding tert-OH is 1. The van der Waals surface area contributed by atoms with Gasteiger partial charge in [0.25, 0.3) is 0 Å². The van der Waals surface area contributed by atoms with Crippen LogP contribution in [0.15, 0.2) is 48.5 Å². The summed E-state index contributed by atoms with van der Waals surface area (Å²) in [5.74, 6) is 0.449. The maximum atomic E-state index is 13.2. The maximum absolute atomic E-state index is 13.2. The Labute approximate surface area is 140 Å². The standard InChI is InChI=1S/C19H20FNO3/c1-24-15-7-5-12(6-8-15)16-10-17(16)19(23)21-11-18(22)13-3-2-4-14(20)9-13/h2-9,16-18,22H,10-11H2,1H3,(H,21,23)/t16-,17+,18-/m0/s1. The van der Waals surface area contributed by atoms with E-state index in [1.807, 2.05) is 24.3 Å². The van der Waals surface area contributed by atoms with Crippen molar-refractivity contribution in [3.63, 3.8) is 0 Å². The molecule has 0 spiro atoms. The molecular weight excluding hydrogens is 309 g/mol. The second kappa shape index (κ2) is 7.01. The summed E-state index contributed by atoms with van der Waals surface area (Å²) in [5.41, 5.74) is 1.57. The number of benzene rings is 2. The molecule has 0 bridgehead atoms. The summed E-state index contributed by atoms with van der Waals surface area (Å²) in [4.78, 5) is 12.2. The molecule has 0 radical (unpaired) electrons. The van der Waals surface area contributed by atoms with E-state index < -0.39 is 11.9 Å². The molecule has 2 aromatic rings. The van der Waals surface area contributed by atoms with Gasteiger partial charge in [0.1, 0.15) is 11.6 Å². The third-order valence-corrected chi connectivity index (χ3v) is 4.37. The second-order valence-corrected chi connectivity index (χ2v) is 6.04. The number of rotatable bonds is 6. The van der Waals surface area contributed by atoms with Crippen LogP contribution in [0.5, 0.6) is 5.75 Å². The van der Waals surface area contributed by atoms with Gasteiger partial charge in [0, 0.05) is 12.5 Å². The van der Waals surface area contributed by atoms with Gasteiger partial charge < -0.3 is 15.2 Å². The van der Waals surface area contributed by atoms with Crippen molar-refractivity contribution >= 4 is 5.91 Å². The number of aliphatic hydroxyl groups is 1. The molecule has 1 amide bonds. The van der Waals surface area contributed by atoms with E-state index in [-0.39, 0.29) is 24.3 Å². The van der Waals surface area contributed by atoms with Crippen LogP contribution in [0.4, 0.5) is 4.39 Å². The van der Waals surface area contributed by atoms with Gasteiger partial charge in [0.05, 0.1) is 13.2 Å². The molecule has 24 heavy (non-hydrogen) atoms. The van der Waals surface area contributed by atoms with Gasteiger partial charge in [-0.1, -0.05) is 24.3 Å². The lowest BCUT2D eigenvalue weighted by molar-refractivity contribution is -0.122. The van der Waals surface area contributed by atoms with Gasteiger partial charge in [0.2, 0.25) is 5.91 Å². The van der Waals surface area contributed by atoms with Crippen molar-refractivity contribution in [2.24, 2.45) is 5.92 Å². The third-order valence-electron chi connectivity index (χ3n) is 4.37. The van der Waals surface area contributed by atoms with Crippen molar-refractivity contribution in [1.82, 2.24) is 5.32 Å². The van der Waals surface area contributed by atoms with Crippen LogP contribution in [-0.2, 0) is 4.79 Å². The highest BCUT2D eigenvalue weighted by atomic mass is 19.1. The Balaban J connectivity index is 1.51. The van der Waals surface area contributed by atoms with Crippen LogP contribution in [0.25, 0.3) is 0 Å². The van der Waals surface area contributed by atoms with Gasteiger partial charge in [0.15, 0.2) is 0 Å². The van der Waals surface area contributed by atoms with Gasteiger partial charge in [-0.15, -0.1) is 0 Å². The van der Waals surface area contributed by atoms with E-state index in [1.165, 1.54) is 18.2 Å². The zero-order valence-corrected chi connectivity index (χ0v) is 13.4. The third kappa shape index (κ3) is 3.74. The number of ether oxygens (including phenoxy) is 1. The van der Waals surface area contributed by atoms with E-state index in [0.717, 1.165) is 17.7 Å². The minimum absolute atomic E-state index is 0.0712. The van der Waals surface area contributed by atoms with Gasteiger partial charge in [-0.2, -0.15) is 0 Å². The lowest BCUT2D eigenvalue weighted by Crippen LogP contribution is -2.30. The monoisotopic (exact) mass is 329 g/mol. The number of halogens is 1. The lowest BCUT2D eigenvalue weighted by Gasteiger charge is -2.12. The number of amides is 1. The fourth-order valence-corrected chi connectivity index (χ4v) is 2.86. The predicted molar refractivity (Wildman–Crippen MR) is 88.2 cm³/mol. The SMILES string of the molecule is COc1ccc([C@@H]2C[C@H]2C(=O)NC[C@H](O)c2cccc(F)c2)cc1. The molecule has 1 aliphatic carbocycles. The Kier molecular flexibility index (Phi) is 4.81. The molecule has 0 saturated heterocycles. The Morgan fingerprint density at radius 3 is 2.75 bits per heavy atom. The molecule has 5 heteroatoms. The minimum Gasteiger partial charge on any atom is -0.497 e. The Morgan fingerprint density at radius 1 is 1.33 bits per heavy atom. The van der Waals surface area contributed by atoms with E-state index >= 15 is 0 Å². The van der Waals surface area contributed by atoms with Crippen LogP contribution in [0.2, 0.25) is 0 Å². The number of methoxy groups -OCH3 is 1. The Bertz CT molecular complexity index is 717. The van der Waals surface area contributed by atoms with E-state index in [9.17, 15) is 14.3 Å². The molecule has 1 fully saturated rings. The molecule has 1 saturated carbocycles. The van der Waals surface area contributed by atoms with E-state index in [4.69, 9.17) is 4.74 Å².